The topological polar surface area (TPSA) is 92.3 Å². The quantitative estimate of drug-likeness (QED) is 0.752. The number of methoxy groups -OCH3 is 1. The second-order valence-electron chi connectivity index (χ2n) is 5.39. The van der Waals surface area contributed by atoms with Crippen LogP contribution in [0.4, 0.5) is 0 Å². The summed E-state index contributed by atoms with van der Waals surface area (Å²) in [6, 6.07) is 13.9. The van der Waals surface area contributed by atoms with Gasteiger partial charge < -0.3 is 14.8 Å². The normalized spacial score (nSPS) is 12.2. The Kier molecular flexibility index (Phi) is 4.39. The van der Waals surface area contributed by atoms with Crippen molar-refractivity contribution in [1.82, 2.24) is 9.97 Å². The van der Waals surface area contributed by atoms with Crippen LogP contribution in [-0.4, -0.2) is 28.2 Å². The number of nitrogens with zero attached hydrogens (tertiary/aromatic N) is 1. The monoisotopic (exact) mass is 324 g/mol. The molecular weight excluding hydrogens is 308 g/mol. The summed E-state index contributed by atoms with van der Waals surface area (Å²) < 4.78 is 5.50. The van der Waals surface area contributed by atoms with Gasteiger partial charge in [0.15, 0.2) is 0 Å². The molecule has 2 N–H and O–H groups in total. The number of aromatic nitrogens is 2. The largest absolute Gasteiger partial charge is 0.478 e. The molecule has 6 heteroatoms. The number of nitrogens with one attached hydrogen (secondary N) is 1. The Labute approximate surface area is 137 Å². The number of carbonyl (C=O) groups is 1. The highest BCUT2D eigenvalue weighted by atomic mass is 16.5. The fourth-order valence-corrected chi connectivity index (χ4v) is 2.60. The van der Waals surface area contributed by atoms with E-state index >= 15 is 0 Å². The first-order chi connectivity index (χ1) is 11.6. The van der Waals surface area contributed by atoms with Gasteiger partial charge >= 0.3 is 5.97 Å². The lowest BCUT2D eigenvalue weighted by atomic mass is 10.1. The molecule has 0 aliphatic rings. The second-order valence-corrected chi connectivity index (χ2v) is 5.39. The summed E-state index contributed by atoms with van der Waals surface area (Å²) in [5.74, 6) is -0.606. The third-order valence-electron chi connectivity index (χ3n) is 3.84. The first-order valence-corrected chi connectivity index (χ1v) is 7.42. The maximum Gasteiger partial charge on any atom is 0.335 e. The number of fused-ring (bicyclic) bond motifs is 1. The van der Waals surface area contributed by atoms with Crippen molar-refractivity contribution in [3.8, 4) is 0 Å². The number of benzene rings is 2. The predicted octanol–water partition coefficient (Wildman–Crippen LogP) is 2.55. The van der Waals surface area contributed by atoms with Gasteiger partial charge in [-0.2, -0.15) is 0 Å². The van der Waals surface area contributed by atoms with Crippen LogP contribution in [0.1, 0.15) is 27.8 Å². The highest BCUT2D eigenvalue weighted by molar-refractivity contribution is 5.92. The maximum atomic E-state index is 12.2. The van der Waals surface area contributed by atoms with Gasteiger partial charge in [-0.05, 0) is 23.8 Å². The van der Waals surface area contributed by atoms with Gasteiger partial charge in [0, 0.05) is 13.5 Å². The van der Waals surface area contributed by atoms with Gasteiger partial charge in [0.25, 0.3) is 5.56 Å². The van der Waals surface area contributed by atoms with Crippen molar-refractivity contribution in [2.24, 2.45) is 0 Å². The van der Waals surface area contributed by atoms with Gasteiger partial charge in [-0.25, -0.2) is 9.78 Å². The highest BCUT2D eigenvalue weighted by Crippen LogP contribution is 2.20. The molecule has 0 saturated heterocycles. The van der Waals surface area contributed by atoms with Gasteiger partial charge in [-0.3, -0.25) is 4.79 Å². The molecule has 0 saturated carbocycles. The average molecular weight is 324 g/mol. The third-order valence-corrected chi connectivity index (χ3v) is 3.84. The van der Waals surface area contributed by atoms with Crippen LogP contribution in [0.25, 0.3) is 10.9 Å². The van der Waals surface area contributed by atoms with Crippen LogP contribution < -0.4 is 5.56 Å². The lowest BCUT2D eigenvalue weighted by Crippen LogP contribution is -2.15. The molecule has 1 unspecified atom stereocenters. The minimum Gasteiger partial charge on any atom is -0.478 e. The molecule has 1 aromatic heterocycles. The molecule has 1 heterocycles. The van der Waals surface area contributed by atoms with Crippen molar-refractivity contribution >= 4 is 16.9 Å². The van der Waals surface area contributed by atoms with Gasteiger partial charge in [0.1, 0.15) is 5.82 Å². The van der Waals surface area contributed by atoms with E-state index in [4.69, 9.17) is 9.84 Å². The number of H-pyrrole nitrogens is 1. The fourth-order valence-electron chi connectivity index (χ4n) is 2.60. The summed E-state index contributed by atoms with van der Waals surface area (Å²) in [5.41, 5.74) is 1.13. The molecule has 24 heavy (non-hydrogen) atoms. The Morgan fingerprint density at radius 3 is 2.67 bits per heavy atom. The number of carboxylic acid groups (broad SMARTS) is 1. The van der Waals surface area contributed by atoms with E-state index in [1.54, 1.807) is 7.11 Å². The van der Waals surface area contributed by atoms with Crippen molar-refractivity contribution in [3.63, 3.8) is 0 Å². The fraction of sp³-hybridized carbons (Fsp3) is 0.167. The van der Waals surface area contributed by atoms with E-state index in [9.17, 15) is 9.59 Å². The molecule has 0 spiro atoms. The third kappa shape index (κ3) is 3.18. The molecule has 122 valence electrons. The number of hydrogen-bond acceptors (Lipinski definition) is 4. The second kappa shape index (κ2) is 6.64. The standard InChI is InChI=1S/C18H16N2O4/c1-24-15(11-5-3-2-4-6-11)10-16-19-14-9-12(18(22)23)7-8-13(14)17(21)20-16/h2-9,15H,10H2,1H3,(H,22,23)(H,19,20,21). The SMILES string of the molecule is COC(Cc1nc2cc(C(=O)O)ccc2c(=O)[nH]1)c1ccccc1. The van der Waals surface area contributed by atoms with Crippen LogP contribution in [0, 0.1) is 0 Å². The van der Waals surface area contributed by atoms with E-state index in [1.165, 1.54) is 18.2 Å². The number of rotatable bonds is 5. The first kappa shape index (κ1) is 15.9. The van der Waals surface area contributed by atoms with Gasteiger partial charge in [0.2, 0.25) is 0 Å². The Morgan fingerprint density at radius 2 is 2.00 bits per heavy atom. The number of ether oxygens (including phenoxy) is 1. The van der Waals surface area contributed by atoms with Crippen LogP contribution in [-0.2, 0) is 11.2 Å². The summed E-state index contributed by atoms with van der Waals surface area (Å²) in [7, 11) is 1.60. The van der Waals surface area contributed by atoms with Crippen LogP contribution in [0.5, 0.6) is 0 Å². The zero-order chi connectivity index (χ0) is 17.1. The van der Waals surface area contributed by atoms with E-state index < -0.39 is 5.97 Å². The van der Waals surface area contributed by atoms with Crippen LogP contribution in [0.2, 0.25) is 0 Å². The van der Waals surface area contributed by atoms with Crippen molar-refractivity contribution < 1.29 is 14.6 Å². The lowest BCUT2D eigenvalue weighted by Gasteiger charge is -2.15. The summed E-state index contributed by atoms with van der Waals surface area (Å²) in [6.45, 7) is 0. The molecule has 0 radical (unpaired) electrons. The number of carboxylic acids is 1. The average Bonchev–Trinajstić information content (AvgIpc) is 2.60. The van der Waals surface area contributed by atoms with Crippen molar-refractivity contribution in [3.05, 3.63) is 75.8 Å². The molecule has 3 rings (SSSR count). The molecule has 0 bridgehead atoms. The van der Waals surface area contributed by atoms with Crippen molar-refractivity contribution in [2.75, 3.05) is 7.11 Å². The van der Waals surface area contributed by atoms with Gasteiger partial charge in [-0.15, -0.1) is 0 Å². The maximum absolute atomic E-state index is 12.2. The smallest absolute Gasteiger partial charge is 0.335 e. The van der Waals surface area contributed by atoms with Crippen molar-refractivity contribution in [1.29, 1.82) is 0 Å². The molecular formula is C18H16N2O4. The van der Waals surface area contributed by atoms with E-state index in [1.807, 2.05) is 30.3 Å². The molecule has 0 fully saturated rings. The Morgan fingerprint density at radius 1 is 1.25 bits per heavy atom. The van der Waals surface area contributed by atoms with Gasteiger partial charge in [0.05, 0.1) is 22.6 Å². The Hall–Kier alpha value is -2.99. The Balaban J connectivity index is 2.00. The Bertz CT molecular complexity index is 935. The molecule has 2 aromatic carbocycles. The summed E-state index contributed by atoms with van der Waals surface area (Å²) in [5, 5.41) is 9.44. The molecule has 0 aliphatic heterocycles. The van der Waals surface area contributed by atoms with Gasteiger partial charge in [-0.1, -0.05) is 30.3 Å². The molecule has 0 aliphatic carbocycles. The lowest BCUT2D eigenvalue weighted by molar-refractivity contribution is 0.0697. The first-order valence-electron chi connectivity index (χ1n) is 7.42. The minimum atomic E-state index is -1.06. The summed E-state index contributed by atoms with van der Waals surface area (Å²) in [4.78, 5) is 30.4. The van der Waals surface area contributed by atoms with E-state index in [0.717, 1.165) is 5.56 Å². The summed E-state index contributed by atoms with van der Waals surface area (Å²) in [6.07, 6.45) is 0.123. The van der Waals surface area contributed by atoms with Crippen LogP contribution in [0.15, 0.2) is 53.3 Å². The predicted molar refractivity (Wildman–Crippen MR) is 89.2 cm³/mol. The number of aromatic amines is 1. The zero-order valence-electron chi connectivity index (χ0n) is 13.0. The van der Waals surface area contributed by atoms with E-state index in [0.29, 0.717) is 23.1 Å². The molecule has 3 aromatic rings. The number of aromatic carboxylic acids is 1. The van der Waals surface area contributed by atoms with E-state index in [-0.39, 0.29) is 17.2 Å². The van der Waals surface area contributed by atoms with Crippen LogP contribution >= 0.6 is 0 Å². The van der Waals surface area contributed by atoms with Crippen LogP contribution in [0.3, 0.4) is 0 Å². The molecule has 1 atom stereocenters. The zero-order valence-corrected chi connectivity index (χ0v) is 13.0. The minimum absolute atomic E-state index is 0.0953. The van der Waals surface area contributed by atoms with E-state index in [2.05, 4.69) is 9.97 Å². The molecule has 6 nitrogen and oxygen atoms in total. The summed E-state index contributed by atoms with van der Waals surface area (Å²) >= 11 is 0. The molecule has 0 amide bonds. The van der Waals surface area contributed by atoms with Crippen molar-refractivity contribution in [2.45, 2.75) is 12.5 Å². The number of hydrogen-bond donors (Lipinski definition) is 2. The highest BCUT2D eigenvalue weighted by Gasteiger charge is 2.14.